The van der Waals surface area contributed by atoms with Crippen molar-refractivity contribution in [3.05, 3.63) is 23.3 Å². The Hall–Kier alpha value is -0.850. The van der Waals surface area contributed by atoms with Gasteiger partial charge in [0.25, 0.3) is 0 Å². The van der Waals surface area contributed by atoms with Gasteiger partial charge in [-0.15, -0.1) is 0 Å². The Balaban J connectivity index is 2.50. The first-order valence-corrected chi connectivity index (χ1v) is 5.72. The molecule has 1 aliphatic rings. The quantitative estimate of drug-likeness (QED) is 0.478. The summed E-state index contributed by atoms with van der Waals surface area (Å²) in [6, 6.07) is 0. The molecule has 0 unspecified atom stereocenters. The highest BCUT2D eigenvalue weighted by atomic mass is 16.1. The molecule has 1 aliphatic carbocycles. The van der Waals surface area contributed by atoms with Crippen molar-refractivity contribution in [2.24, 2.45) is 0 Å². The second kappa shape index (κ2) is 6.58. The number of carbonyl (C=O) groups is 1. The normalized spacial score (nSPS) is 17.8. The molecular weight excluding hydrogens is 172 g/mol. The van der Waals surface area contributed by atoms with Gasteiger partial charge in [-0.05, 0) is 43.3 Å². The number of aldehydes is 1. The van der Waals surface area contributed by atoms with Crippen LogP contribution in [0.3, 0.4) is 0 Å². The van der Waals surface area contributed by atoms with Crippen LogP contribution in [0.1, 0.15) is 51.9 Å². The highest BCUT2D eigenvalue weighted by Crippen LogP contribution is 2.24. The zero-order valence-electron chi connectivity index (χ0n) is 9.09. The molecule has 0 bridgehead atoms. The van der Waals surface area contributed by atoms with Crippen LogP contribution in [0.2, 0.25) is 0 Å². The molecule has 0 aromatic rings. The average Bonchev–Trinajstić information content (AvgIpc) is 2.25. The number of carbonyl (C=O) groups excluding carboxylic acids is 1. The molecule has 0 saturated heterocycles. The Morgan fingerprint density at radius 2 is 1.93 bits per heavy atom. The average molecular weight is 192 g/mol. The maximum absolute atomic E-state index is 10.8. The van der Waals surface area contributed by atoms with E-state index in [0.717, 1.165) is 31.1 Å². The largest absolute Gasteiger partial charge is 0.298 e. The van der Waals surface area contributed by atoms with E-state index < -0.39 is 0 Å². The summed E-state index contributed by atoms with van der Waals surface area (Å²) in [5.74, 6) is 0. The van der Waals surface area contributed by atoms with Gasteiger partial charge in [-0.1, -0.05) is 31.9 Å². The lowest BCUT2D eigenvalue weighted by atomic mass is 9.92. The summed E-state index contributed by atoms with van der Waals surface area (Å²) in [5, 5.41) is 0. The Bertz CT molecular complexity index is 236. The van der Waals surface area contributed by atoms with Crippen molar-refractivity contribution in [2.45, 2.75) is 51.9 Å². The summed E-state index contributed by atoms with van der Waals surface area (Å²) in [7, 11) is 0. The van der Waals surface area contributed by atoms with E-state index in [1.807, 2.05) is 0 Å². The van der Waals surface area contributed by atoms with E-state index in [9.17, 15) is 4.79 Å². The standard InChI is InChI=1S/C13H20O/c1-2-3-4-5-8-12-9-6-7-10-13(12)11-14/h5,8,11H,2-4,6-7,9-10H2,1H3/b8-5+. The lowest BCUT2D eigenvalue weighted by Crippen LogP contribution is -1.98. The molecule has 0 spiro atoms. The van der Waals surface area contributed by atoms with Gasteiger partial charge in [-0.2, -0.15) is 0 Å². The molecule has 0 N–H and O–H groups in total. The summed E-state index contributed by atoms with van der Waals surface area (Å²) in [5.41, 5.74) is 2.31. The SMILES string of the molecule is CCCC/C=C/C1=C(C=O)CCCC1. The molecule has 0 fully saturated rings. The van der Waals surface area contributed by atoms with Gasteiger partial charge < -0.3 is 0 Å². The maximum Gasteiger partial charge on any atom is 0.146 e. The highest BCUT2D eigenvalue weighted by Gasteiger charge is 2.08. The van der Waals surface area contributed by atoms with Gasteiger partial charge in [0.1, 0.15) is 6.29 Å². The Morgan fingerprint density at radius 3 is 2.57 bits per heavy atom. The van der Waals surface area contributed by atoms with Gasteiger partial charge in [0, 0.05) is 0 Å². The predicted octanol–water partition coefficient (Wildman–Crippen LogP) is 3.80. The zero-order chi connectivity index (χ0) is 10.2. The summed E-state index contributed by atoms with van der Waals surface area (Å²) >= 11 is 0. The van der Waals surface area contributed by atoms with Crippen molar-refractivity contribution in [3.8, 4) is 0 Å². The van der Waals surface area contributed by atoms with Crippen molar-refractivity contribution in [2.75, 3.05) is 0 Å². The van der Waals surface area contributed by atoms with E-state index in [1.54, 1.807) is 0 Å². The lowest BCUT2D eigenvalue weighted by molar-refractivity contribution is -0.105. The molecule has 0 saturated carbocycles. The molecule has 0 atom stereocenters. The topological polar surface area (TPSA) is 17.1 Å². The van der Waals surface area contributed by atoms with Crippen molar-refractivity contribution < 1.29 is 4.79 Å². The van der Waals surface area contributed by atoms with Crippen molar-refractivity contribution in [1.82, 2.24) is 0 Å². The van der Waals surface area contributed by atoms with Crippen molar-refractivity contribution >= 4 is 6.29 Å². The maximum atomic E-state index is 10.8. The van der Waals surface area contributed by atoms with Crippen LogP contribution >= 0.6 is 0 Å². The molecule has 0 aliphatic heterocycles. The molecule has 0 amide bonds. The smallest absolute Gasteiger partial charge is 0.146 e. The van der Waals surface area contributed by atoms with E-state index in [1.165, 1.54) is 31.3 Å². The molecule has 0 aromatic carbocycles. The third-order valence-electron chi connectivity index (χ3n) is 2.74. The minimum atomic E-state index is 0.983. The van der Waals surface area contributed by atoms with Crippen LogP contribution < -0.4 is 0 Å². The number of unbranched alkanes of at least 4 members (excludes halogenated alkanes) is 2. The Morgan fingerprint density at radius 1 is 1.21 bits per heavy atom. The Labute approximate surface area is 86.9 Å². The molecule has 78 valence electrons. The molecule has 1 nitrogen and oxygen atoms in total. The van der Waals surface area contributed by atoms with Crippen LogP contribution in [0.4, 0.5) is 0 Å². The Kier molecular flexibility index (Phi) is 5.28. The minimum absolute atomic E-state index is 0.983. The van der Waals surface area contributed by atoms with Gasteiger partial charge in [-0.3, -0.25) is 4.79 Å². The number of hydrogen-bond donors (Lipinski definition) is 0. The fourth-order valence-electron chi connectivity index (χ4n) is 1.82. The van der Waals surface area contributed by atoms with Crippen LogP contribution in [-0.4, -0.2) is 6.29 Å². The first-order chi connectivity index (χ1) is 6.88. The third-order valence-corrected chi connectivity index (χ3v) is 2.74. The number of allylic oxidation sites excluding steroid dienone is 4. The number of rotatable bonds is 5. The van der Waals surface area contributed by atoms with E-state index in [2.05, 4.69) is 19.1 Å². The van der Waals surface area contributed by atoms with Gasteiger partial charge in [-0.25, -0.2) is 0 Å². The summed E-state index contributed by atoms with van der Waals surface area (Å²) in [6.45, 7) is 2.20. The van der Waals surface area contributed by atoms with Gasteiger partial charge >= 0.3 is 0 Å². The van der Waals surface area contributed by atoms with Crippen LogP contribution in [0.25, 0.3) is 0 Å². The zero-order valence-corrected chi connectivity index (χ0v) is 9.09. The van der Waals surface area contributed by atoms with Crippen LogP contribution in [0.5, 0.6) is 0 Å². The predicted molar refractivity (Wildman–Crippen MR) is 60.2 cm³/mol. The first kappa shape index (κ1) is 11.2. The molecule has 1 rings (SSSR count). The second-order valence-electron chi connectivity index (χ2n) is 3.92. The summed E-state index contributed by atoms with van der Waals surface area (Å²) < 4.78 is 0. The molecule has 0 radical (unpaired) electrons. The molecule has 14 heavy (non-hydrogen) atoms. The molecule has 0 aromatic heterocycles. The van der Waals surface area contributed by atoms with Crippen LogP contribution in [0.15, 0.2) is 23.3 Å². The lowest BCUT2D eigenvalue weighted by Gasteiger charge is -2.13. The highest BCUT2D eigenvalue weighted by molar-refractivity contribution is 5.75. The van der Waals surface area contributed by atoms with Gasteiger partial charge in [0.2, 0.25) is 0 Å². The van der Waals surface area contributed by atoms with E-state index in [-0.39, 0.29) is 0 Å². The second-order valence-corrected chi connectivity index (χ2v) is 3.92. The fourth-order valence-corrected chi connectivity index (χ4v) is 1.82. The molecule has 0 heterocycles. The van der Waals surface area contributed by atoms with Crippen LogP contribution in [-0.2, 0) is 4.79 Å². The van der Waals surface area contributed by atoms with E-state index in [0.29, 0.717) is 0 Å². The van der Waals surface area contributed by atoms with E-state index in [4.69, 9.17) is 0 Å². The number of hydrogen-bond acceptors (Lipinski definition) is 1. The minimum Gasteiger partial charge on any atom is -0.298 e. The summed E-state index contributed by atoms with van der Waals surface area (Å²) in [6.07, 6.45) is 13.6. The molecular formula is C13H20O. The van der Waals surface area contributed by atoms with Crippen molar-refractivity contribution in [3.63, 3.8) is 0 Å². The molecule has 1 heteroatoms. The summed E-state index contributed by atoms with van der Waals surface area (Å²) in [4.78, 5) is 10.8. The van der Waals surface area contributed by atoms with Crippen LogP contribution in [0, 0.1) is 0 Å². The van der Waals surface area contributed by atoms with E-state index >= 15 is 0 Å². The first-order valence-electron chi connectivity index (χ1n) is 5.72. The fraction of sp³-hybridized carbons (Fsp3) is 0.615. The van der Waals surface area contributed by atoms with Gasteiger partial charge in [0.15, 0.2) is 0 Å². The van der Waals surface area contributed by atoms with Gasteiger partial charge in [0.05, 0.1) is 0 Å². The third kappa shape index (κ3) is 3.49. The monoisotopic (exact) mass is 192 g/mol. The van der Waals surface area contributed by atoms with Crippen molar-refractivity contribution in [1.29, 1.82) is 0 Å².